The molecule has 2 atom stereocenters. The van der Waals surface area contributed by atoms with E-state index in [1.165, 1.54) is 58.3 Å². The molecule has 3 aliphatic rings. The van der Waals surface area contributed by atoms with E-state index >= 15 is 0 Å². The van der Waals surface area contributed by atoms with Gasteiger partial charge in [0.15, 0.2) is 0 Å². The molecule has 0 bridgehead atoms. The molecule has 3 saturated heterocycles. The number of morpholine rings is 1. The highest BCUT2D eigenvalue weighted by Gasteiger charge is 2.40. The maximum Gasteiger partial charge on any atom is 0.0720 e. The van der Waals surface area contributed by atoms with Crippen molar-refractivity contribution >= 4 is 0 Å². The monoisotopic (exact) mass is 407 g/mol. The van der Waals surface area contributed by atoms with E-state index in [4.69, 9.17) is 4.74 Å². The standard InChI is InChI=1S/C25H49N3O/c1-23(2,3)27-15-16-29-22(20-27)18-25(6,7)28-14-11-21(19-28)17-24(4,5)26-12-9-8-10-13-26/h21-22H,8-20H2,1-7H3. The maximum absolute atomic E-state index is 6.21. The van der Waals surface area contributed by atoms with Crippen LogP contribution in [0.15, 0.2) is 0 Å². The quantitative estimate of drug-likeness (QED) is 0.639. The minimum Gasteiger partial charge on any atom is -0.375 e. The van der Waals surface area contributed by atoms with E-state index in [1.54, 1.807) is 0 Å². The van der Waals surface area contributed by atoms with E-state index in [-0.39, 0.29) is 11.1 Å². The van der Waals surface area contributed by atoms with Gasteiger partial charge in [-0.05, 0) is 106 Å². The van der Waals surface area contributed by atoms with E-state index in [9.17, 15) is 0 Å². The van der Waals surface area contributed by atoms with E-state index in [2.05, 4.69) is 63.2 Å². The molecule has 0 aromatic rings. The number of likely N-dealkylation sites (tertiary alicyclic amines) is 2. The zero-order chi connectivity index (χ0) is 21.3. The van der Waals surface area contributed by atoms with Gasteiger partial charge in [-0.25, -0.2) is 0 Å². The SMILES string of the molecule is CC(C)(C)N1CCOC(CC(C)(C)N2CCC(CC(C)(C)N3CCCCC3)C2)C1. The first-order valence-corrected chi connectivity index (χ1v) is 12.3. The topological polar surface area (TPSA) is 19.0 Å². The van der Waals surface area contributed by atoms with E-state index < -0.39 is 0 Å². The Morgan fingerprint density at radius 3 is 2.00 bits per heavy atom. The van der Waals surface area contributed by atoms with Crippen molar-refractivity contribution in [2.24, 2.45) is 5.92 Å². The number of rotatable bonds is 6. The van der Waals surface area contributed by atoms with Gasteiger partial charge in [0.25, 0.3) is 0 Å². The molecule has 4 nitrogen and oxygen atoms in total. The zero-order valence-corrected chi connectivity index (χ0v) is 20.6. The average molecular weight is 408 g/mol. The van der Waals surface area contributed by atoms with Gasteiger partial charge in [0, 0.05) is 36.3 Å². The lowest BCUT2D eigenvalue weighted by Crippen LogP contribution is -2.54. The minimum absolute atomic E-state index is 0.218. The van der Waals surface area contributed by atoms with Crippen LogP contribution in [-0.4, -0.2) is 83.3 Å². The third kappa shape index (κ3) is 6.18. The number of piperidine rings is 1. The summed E-state index contributed by atoms with van der Waals surface area (Å²) in [5, 5.41) is 0. The highest BCUT2D eigenvalue weighted by atomic mass is 16.5. The van der Waals surface area contributed by atoms with Crippen molar-refractivity contribution in [3.05, 3.63) is 0 Å². The molecule has 0 radical (unpaired) electrons. The Kier molecular flexibility index (Phi) is 7.41. The van der Waals surface area contributed by atoms with Crippen molar-refractivity contribution in [2.45, 2.75) is 110 Å². The van der Waals surface area contributed by atoms with E-state index in [0.717, 1.165) is 32.0 Å². The highest BCUT2D eigenvalue weighted by Crippen LogP contribution is 2.35. The Bertz CT molecular complexity index is 519. The first-order valence-electron chi connectivity index (χ1n) is 12.3. The molecule has 4 heteroatoms. The van der Waals surface area contributed by atoms with Crippen molar-refractivity contribution in [1.82, 2.24) is 14.7 Å². The second kappa shape index (κ2) is 9.14. The second-order valence-corrected chi connectivity index (χ2v) is 12.3. The summed E-state index contributed by atoms with van der Waals surface area (Å²) in [6, 6.07) is 0. The molecule has 3 fully saturated rings. The molecule has 29 heavy (non-hydrogen) atoms. The van der Waals surface area contributed by atoms with Crippen LogP contribution in [0.25, 0.3) is 0 Å². The number of ether oxygens (including phenoxy) is 1. The fourth-order valence-electron chi connectivity index (χ4n) is 6.02. The van der Waals surface area contributed by atoms with Gasteiger partial charge in [0.1, 0.15) is 0 Å². The van der Waals surface area contributed by atoms with Gasteiger partial charge in [0.05, 0.1) is 12.7 Å². The summed E-state index contributed by atoms with van der Waals surface area (Å²) in [6.07, 6.45) is 8.41. The molecule has 0 spiro atoms. The minimum atomic E-state index is 0.218. The fraction of sp³-hybridized carbons (Fsp3) is 1.00. The lowest BCUT2D eigenvalue weighted by Gasteiger charge is -2.45. The second-order valence-electron chi connectivity index (χ2n) is 12.3. The molecule has 0 saturated carbocycles. The first kappa shape index (κ1) is 23.5. The van der Waals surface area contributed by atoms with Crippen LogP contribution < -0.4 is 0 Å². The molecule has 3 heterocycles. The summed E-state index contributed by atoms with van der Waals surface area (Å²) in [5.74, 6) is 0.838. The lowest BCUT2D eigenvalue weighted by atomic mass is 9.87. The normalized spacial score (nSPS) is 29.5. The molecule has 0 N–H and O–H groups in total. The van der Waals surface area contributed by atoms with Crippen LogP contribution in [0, 0.1) is 5.92 Å². The number of hydrogen-bond acceptors (Lipinski definition) is 4. The van der Waals surface area contributed by atoms with Crippen LogP contribution >= 0.6 is 0 Å². The molecular formula is C25H49N3O. The Morgan fingerprint density at radius 1 is 0.690 bits per heavy atom. The van der Waals surface area contributed by atoms with Crippen LogP contribution in [0.3, 0.4) is 0 Å². The molecule has 0 aromatic carbocycles. The summed E-state index contributed by atoms with van der Waals surface area (Å²) in [7, 11) is 0. The van der Waals surface area contributed by atoms with Crippen LogP contribution in [0.1, 0.15) is 87.0 Å². The lowest BCUT2D eigenvalue weighted by molar-refractivity contribution is -0.0773. The van der Waals surface area contributed by atoms with Gasteiger partial charge in [-0.15, -0.1) is 0 Å². The predicted octanol–water partition coefficient (Wildman–Crippen LogP) is 4.63. The van der Waals surface area contributed by atoms with Gasteiger partial charge in [0.2, 0.25) is 0 Å². The van der Waals surface area contributed by atoms with Crippen molar-refractivity contribution in [3.63, 3.8) is 0 Å². The molecule has 0 aliphatic carbocycles. The van der Waals surface area contributed by atoms with Crippen molar-refractivity contribution in [3.8, 4) is 0 Å². The summed E-state index contributed by atoms with van der Waals surface area (Å²) < 4.78 is 6.21. The smallest absolute Gasteiger partial charge is 0.0720 e. The third-order valence-electron chi connectivity index (χ3n) is 7.96. The summed E-state index contributed by atoms with van der Waals surface area (Å²) in [6.45, 7) is 25.0. The zero-order valence-electron chi connectivity index (χ0n) is 20.6. The Labute approximate surface area is 181 Å². The average Bonchev–Trinajstić information content (AvgIpc) is 3.10. The summed E-state index contributed by atoms with van der Waals surface area (Å²) >= 11 is 0. The number of nitrogens with zero attached hydrogens (tertiary/aromatic N) is 3. The Morgan fingerprint density at radius 2 is 1.34 bits per heavy atom. The molecule has 0 aromatic heterocycles. The summed E-state index contributed by atoms with van der Waals surface area (Å²) in [4.78, 5) is 8.13. The van der Waals surface area contributed by atoms with Gasteiger partial charge < -0.3 is 4.74 Å². The summed E-state index contributed by atoms with van der Waals surface area (Å²) in [5.41, 5.74) is 0.811. The van der Waals surface area contributed by atoms with Crippen LogP contribution in [0.5, 0.6) is 0 Å². The maximum atomic E-state index is 6.21. The Hall–Kier alpha value is -0.160. The van der Waals surface area contributed by atoms with Crippen LogP contribution in [-0.2, 0) is 4.74 Å². The highest BCUT2D eigenvalue weighted by molar-refractivity contribution is 4.95. The predicted molar refractivity (Wildman–Crippen MR) is 124 cm³/mol. The molecule has 3 rings (SSSR count). The molecule has 3 aliphatic heterocycles. The van der Waals surface area contributed by atoms with Crippen molar-refractivity contribution < 1.29 is 4.74 Å². The van der Waals surface area contributed by atoms with E-state index in [0.29, 0.717) is 11.6 Å². The molecule has 170 valence electrons. The van der Waals surface area contributed by atoms with E-state index in [1.807, 2.05) is 0 Å². The van der Waals surface area contributed by atoms with Crippen molar-refractivity contribution in [2.75, 3.05) is 45.9 Å². The van der Waals surface area contributed by atoms with Crippen LogP contribution in [0.4, 0.5) is 0 Å². The van der Waals surface area contributed by atoms with Crippen molar-refractivity contribution in [1.29, 1.82) is 0 Å². The first-order chi connectivity index (χ1) is 13.5. The van der Waals surface area contributed by atoms with Gasteiger partial charge in [-0.3, -0.25) is 14.7 Å². The molecule has 2 unspecified atom stereocenters. The van der Waals surface area contributed by atoms with Crippen LogP contribution in [0.2, 0.25) is 0 Å². The largest absolute Gasteiger partial charge is 0.375 e. The molecule has 0 amide bonds. The fourth-order valence-corrected chi connectivity index (χ4v) is 6.02. The van der Waals surface area contributed by atoms with Gasteiger partial charge in [-0.1, -0.05) is 6.42 Å². The number of hydrogen-bond donors (Lipinski definition) is 0. The molecular weight excluding hydrogens is 358 g/mol. The Balaban J connectivity index is 1.51. The van der Waals surface area contributed by atoms with Gasteiger partial charge >= 0.3 is 0 Å². The third-order valence-corrected chi connectivity index (χ3v) is 7.96. The van der Waals surface area contributed by atoms with Gasteiger partial charge in [-0.2, -0.15) is 0 Å².